The van der Waals surface area contributed by atoms with Crippen molar-refractivity contribution in [1.82, 2.24) is 9.88 Å². The molecular weight excluding hydrogens is 339 g/mol. The summed E-state index contributed by atoms with van der Waals surface area (Å²) in [4.78, 5) is 12.7. The number of carbonyl (C=O) groups excluding carboxylic acids is 1. The molecule has 0 aliphatic carbocycles. The van der Waals surface area contributed by atoms with Crippen molar-refractivity contribution in [1.29, 1.82) is 0 Å². The highest BCUT2D eigenvalue weighted by Gasteiger charge is 2.20. The number of nitrogens with zero attached hydrogens (tertiary/aromatic N) is 1. The Kier molecular flexibility index (Phi) is 4.55. The first kappa shape index (κ1) is 16.3. The van der Waals surface area contributed by atoms with Gasteiger partial charge in [-0.15, -0.1) is 11.3 Å². The van der Waals surface area contributed by atoms with Crippen molar-refractivity contribution in [2.45, 2.75) is 25.5 Å². The summed E-state index contributed by atoms with van der Waals surface area (Å²) < 4.78 is 21.8. The Morgan fingerprint density at radius 1 is 1.32 bits per heavy atom. The summed E-state index contributed by atoms with van der Waals surface area (Å²) in [6.07, 6.45) is 2.16. The minimum Gasteiger partial charge on any atom is -0.376 e. The van der Waals surface area contributed by atoms with Gasteiger partial charge in [0.25, 0.3) is 5.91 Å². The predicted octanol–water partition coefficient (Wildman–Crippen LogP) is 3.80. The van der Waals surface area contributed by atoms with Crippen LogP contribution in [0, 0.1) is 5.82 Å². The van der Waals surface area contributed by atoms with Gasteiger partial charge in [0.05, 0.1) is 16.3 Å². The number of hydrogen-bond donors (Lipinski definition) is 1. The van der Waals surface area contributed by atoms with Crippen LogP contribution in [0.5, 0.6) is 0 Å². The van der Waals surface area contributed by atoms with E-state index in [1.54, 1.807) is 23.5 Å². The monoisotopic (exact) mass is 358 g/mol. The fraction of sp³-hybridized carbons (Fsp3) is 0.316. The first-order valence-corrected chi connectivity index (χ1v) is 9.29. The second-order valence-electron chi connectivity index (χ2n) is 6.26. The Morgan fingerprint density at radius 2 is 2.16 bits per heavy atom. The number of halogens is 1. The SMILES string of the molecule is O=C(NC[C@@H]1CCCO1)c1cc2sccc2n1Cc1ccc(F)cc1. The second kappa shape index (κ2) is 6.98. The number of nitrogens with one attached hydrogen (secondary N) is 1. The lowest BCUT2D eigenvalue weighted by atomic mass is 10.2. The summed E-state index contributed by atoms with van der Waals surface area (Å²) in [6.45, 7) is 1.84. The minimum absolute atomic E-state index is 0.0963. The van der Waals surface area contributed by atoms with Crippen molar-refractivity contribution >= 4 is 27.5 Å². The van der Waals surface area contributed by atoms with Gasteiger partial charge in [0.1, 0.15) is 11.5 Å². The number of benzene rings is 1. The maximum absolute atomic E-state index is 13.1. The van der Waals surface area contributed by atoms with Gasteiger partial charge in [0.2, 0.25) is 0 Å². The van der Waals surface area contributed by atoms with Crippen molar-refractivity contribution in [3.8, 4) is 0 Å². The normalized spacial score (nSPS) is 17.2. The van der Waals surface area contributed by atoms with E-state index in [0.29, 0.717) is 18.8 Å². The Bertz CT molecular complexity index is 879. The number of carbonyl (C=O) groups is 1. The van der Waals surface area contributed by atoms with E-state index >= 15 is 0 Å². The molecule has 1 aliphatic rings. The molecule has 1 saturated heterocycles. The molecule has 0 radical (unpaired) electrons. The number of ether oxygens (including phenoxy) is 1. The molecule has 0 bridgehead atoms. The van der Waals surface area contributed by atoms with E-state index in [0.717, 1.165) is 35.2 Å². The quantitative estimate of drug-likeness (QED) is 0.754. The Hall–Kier alpha value is -2.18. The van der Waals surface area contributed by atoms with Crippen molar-refractivity contribution in [3.63, 3.8) is 0 Å². The molecule has 0 saturated carbocycles. The average molecular weight is 358 g/mol. The molecule has 1 atom stereocenters. The smallest absolute Gasteiger partial charge is 0.268 e. The molecule has 6 heteroatoms. The van der Waals surface area contributed by atoms with Crippen LogP contribution in [0.3, 0.4) is 0 Å². The molecule has 25 heavy (non-hydrogen) atoms. The van der Waals surface area contributed by atoms with Crippen LogP contribution in [0.4, 0.5) is 4.39 Å². The van der Waals surface area contributed by atoms with Gasteiger partial charge in [0.15, 0.2) is 0 Å². The largest absolute Gasteiger partial charge is 0.376 e. The van der Waals surface area contributed by atoms with E-state index in [9.17, 15) is 9.18 Å². The molecule has 3 aromatic rings. The molecule has 0 unspecified atom stereocenters. The molecule has 130 valence electrons. The molecule has 4 nitrogen and oxygen atoms in total. The van der Waals surface area contributed by atoms with Crippen molar-refractivity contribution in [2.24, 2.45) is 0 Å². The first-order chi connectivity index (χ1) is 12.2. The molecular formula is C19H19FN2O2S. The topological polar surface area (TPSA) is 43.3 Å². The molecule has 1 aliphatic heterocycles. The number of hydrogen-bond acceptors (Lipinski definition) is 3. The summed E-state index contributed by atoms with van der Waals surface area (Å²) in [6, 6.07) is 10.3. The van der Waals surface area contributed by atoms with Gasteiger partial charge >= 0.3 is 0 Å². The molecule has 4 rings (SSSR count). The lowest BCUT2D eigenvalue weighted by Crippen LogP contribution is -2.33. The van der Waals surface area contributed by atoms with Gasteiger partial charge in [-0.05, 0) is 48.1 Å². The van der Waals surface area contributed by atoms with Crippen LogP contribution >= 0.6 is 11.3 Å². The van der Waals surface area contributed by atoms with Crippen molar-refractivity contribution in [2.75, 3.05) is 13.2 Å². The lowest BCUT2D eigenvalue weighted by Gasteiger charge is -2.13. The minimum atomic E-state index is -0.258. The summed E-state index contributed by atoms with van der Waals surface area (Å²) in [7, 11) is 0. The molecule has 1 aromatic carbocycles. The number of fused-ring (bicyclic) bond motifs is 1. The zero-order valence-electron chi connectivity index (χ0n) is 13.7. The number of amides is 1. The molecule has 1 amide bonds. The molecule has 2 aromatic heterocycles. The van der Waals surface area contributed by atoms with Crippen LogP contribution in [-0.4, -0.2) is 29.7 Å². The highest BCUT2D eigenvalue weighted by molar-refractivity contribution is 7.17. The third kappa shape index (κ3) is 3.45. The fourth-order valence-electron chi connectivity index (χ4n) is 3.21. The van der Waals surface area contributed by atoms with Crippen LogP contribution in [0.1, 0.15) is 28.9 Å². The van der Waals surface area contributed by atoms with Gasteiger partial charge in [-0.3, -0.25) is 4.79 Å². The number of thiophene rings is 1. The van der Waals surface area contributed by atoms with Gasteiger partial charge in [-0.2, -0.15) is 0 Å². The third-order valence-corrected chi connectivity index (χ3v) is 5.38. The van der Waals surface area contributed by atoms with E-state index in [1.165, 1.54) is 12.1 Å². The lowest BCUT2D eigenvalue weighted by molar-refractivity contribution is 0.0851. The highest BCUT2D eigenvalue weighted by Crippen LogP contribution is 2.26. The predicted molar refractivity (Wildman–Crippen MR) is 96.6 cm³/mol. The summed E-state index contributed by atoms with van der Waals surface area (Å²) in [5, 5.41) is 5.00. The second-order valence-corrected chi connectivity index (χ2v) is 7.21. The van der Waals surface area contributed by atoms with E-state index < -0.39 is 0 Å². The molecule has 1 N–H and O–H groups in total. The molecule has 0 spiro atoms. The molecule has 1 fully saturated rings. The van der Waals surface area contributed by atoms with Crippen LogP contribution in [0.25, 0.3) is 10.2 Å². The van der Waals surface area contributed by atoms with E-state index in [4.69, 9.17) is 4.74 Å². The van der Waals surface area contributed by atoms with Crippen LogP contribution in [0.2, 0.25) is 0 Å². The summed E-state index contributed by atoms with van der Waals surface area (Å²) in [5.41, 5.74) is 2.61. The number of rotatable bonds is 5. The van der Waals surface area contributed by atoms with Crippen molar-refractivity contribution < 1.29 is 13.9 Å². The van der Waals surface area contributed by atoms with E-state index in [-0.39, 0.29) is 17.8 Å². The third-order valence-electron chi connectivity index (χ3n) is 4.52. The first-order valence-electron chi connectivity index (χ1n) is 8.42. The Balaban J connectivity index is 1.58. The Labute approximate surface area is 149 Å². The zero-order chi connectivity index (χ0) is 17.2. The van der Waals surface area contributed by atoms with E-state index in [1.807, 2.05) is 22.1 Å². The van der Waals surface area contributed by atoms with Crippen LogP contribution in [-0.2, 0) is 11.3 Å². The molecule has 3 heterocycles. The van der Waals surface area contributed by atoms with Gasteiger partial charge in [-0.1, -0.05) is 12.1 Å². The maximum atomic E-state index is 13.1. The maximum Gasteiger partial charge on any atom is 0.268 e. The average Bonchev–Trinajstić information content (AvgIpc) is 3.33. The standard InChI is InChI=1S/C19H19FN2O2S/c20-14-5-3-13(4-6-14)12-22-16-7-9-25-18(16)10-17(22)19(23)21-11-15-2-1-8-24-15/h3-7,9-10,15H,1-2,8,11-12H2,(H,21,23)/t15-/m0/s1. The Morgan fingerprint density at radius 3 is 2.92 bits per heavy atom. The summed E-state index contributed by atoms with van der Waals surface area (Å²) in [5.74, 6) is -0.354. The summed E-state index contributed by atoms with van der Waals surface area (Å²) >= 11 is 1.61. The van der Waals surface area contributed by atoms with Crippen LogP contribution < -0.4 is 5.32 Å². The fourth-order valence-corrected chi connectivity index (χ4v) is 4.03. The van der Waals surface area contributed by atoms with Gasteiger partial charge in [-0.25, -0.2) is 4.39 Å². The highest BCUT2D eigenvalue weighted by atomic mass is 32.1. The number of aromatic nitrogens is 1. The van der Waals surface area contributed by atoms with Crippen molar-refractivity contribution in [3.05, 3.63) is 58.9 Å². The van der Waals surface area contributed by atoms with Gasteiger partial charge in [0, 0.05) is 19.7 Å². The van der Waals surface area contributed by atoms with E-state index in [2.05, 4.69) is 5.32 Å². The van der Waals surface area contributed by atoms with Gasteiger partial charge < -0.3 is 14.6 Å². The van der Waals surface area contributed by atoms with Crippen LogP contribution in [0.15, 0.2) is 41.8 Å². The zero-order valence-corrected chi connectivity index (χ0v) is 14.5.